The van der Waals surface area contributed by atoms with E-state index in [0.717, 1.165) is 5.56 Å². The van der Waals surface area contributed by atoms with Crippen molar-refractivity contribution in [3.63, 3.8) is 0 Å². The molecule has 0 unspecified atom stereocenters. The molecule has 0 atom stereocenters. The zero-order valence-electron chi connectivity index (χ0n) is 15.5. The Labute approximate surface area is 159 Å². The molecule has 0 aromatic heterocycles. The van der Waals surface area contributed by atoms with Crippen LogP contribution in [0.15, 0.2) is 54.6 Å². The summed E-state index contributed by atoms with van der Waals surface area (Å²) in [4.78, 5) is 28.2. The monoisotopic (exact) mass is 368 g/mol. The quantitative estimate of drug-likeness (QED) is 0.832. The van der Waals surface area contributed by atoms with Gasteiger partial charge in [0.15, 0.2) is 6.61 Å². The first-order valence-electron chi connectivity index (χ1n) is 9.11. The van der Waals surface area contributed by atoms with Crippen molar-refractivity contribution in [2.45, 2.75) is 13.3 Å². The molecule has 0 spiro atoms. The molecule has 1 heterocycles. The van der Waals surface area contributed by atoms with Gasteiger partial charge in [0, 0.05) is 26.2 Å². The summed E-state index contributed by atoms with van der Waals surface area (Å²) in [5, 5.41) is 0. The third-order valence-electron chi connectivity index (χ3n) is 4.50. The zero-order valence-corrected chi connectivity index (χ0v) is 15.5. The summed E-state index contributed by atoms with van der Waals surface area (Å²) < 4.78 is 11.0. The van der Waals surface area contributed by atoms with Crippen LogP contribution in [-0.4, -0.2) is 54.6 Å². The molecule has 2 aromatic carbocycles. The van der Waals surface area contributed by atoms with Gasteiger partial charge < -0.3 is 19.3 Å². The van der Waals surface area contributed by atoms with E-state index in [1.807, 2.05) is 49.4 Å². The number of ether oxygens (including phenoxy) is 2. The van der Waals surface area contributed by atoms with Gasteiger partial charge in [0.25, 0.3) is 5.91 Å². The predicted octanol–water partition coefficient (Wildman–Crippen LogP) is 3.11. The number of benzene rings is 2. The number of hydrogen-bond acceptors (Lipinski definition) is 4. The SMILES string of the molecule is Cc1ccccc1OCC(=O)N1CCCN(C(=O)Oc2ccccc2)CC1. The molecule has 1 fully saturated rings. The fourth-order valence-corrected chi connectivity index (χ4v) is 2.95. The Hall–Kier alpha value is -3.02. The van der Waals surface area contributed by atoms with Crippen LogP contribution in [0.2, 0.25) is 0 Å². The van der Waals surface area contributed by atoms with Gasteiger partial charge in [-0.2, -0.15) is 0 Å². The lowest BCUT2D eigenvalue weighted by atomic mass is 10.2. The van der Waals surface area contributed by atoms with Crippen LogP contribution >= 0.6 is 0 Å². The van der Waals surface area contributed by atoms with Crippen LogP contribution in [0.5, 0.6) is 11.5 Å². The molecule has 1 aliphatic heterocycles. The lowest BCUT2D eigenvalue weighted by Crippen LogP contribution is -2.40. The van der Waals surface area contributed by atoms with E-state index in [1.165, 1.54) is 0 Å². The molecule has 0 aliphatic carbocycles. The number of aryl methyl sites for hydroxylation is 1. The van der Waals surface area contributed by atoms with E-state index in [1.54, 1.807) is 21.9 Å². The molecule has 142 valence electrons. The standard InChI is InChI=1S/C21H24N2O4/c1-17-8-5-6-11-19(17)26-16-20(24)22-12-7-13-23(15-14-22)21(25)27-18-9-3-2-4-10-18/h2-6,8-11H,7,12-16H2,1H3. The second-order valence-corrected chi connectivity index (χ2v) is 6.46. The van der Waals surface area contributed by atoms with E-state index in [-0.39, 0.29) is 18.6 Å². The minimum Gasteiger partial charge on any atom is -0.484 e. The lowest BCUT2D eigenvalue weighted by Gasteiger charge is -2.22. The maximum Gasteiger partial charge on any atom is 0.415 e. The molecule has 6 nitrogen and oxygen atoms in total. The largest absolute Gasteiger partial charge is 0.484 e. The van der Waals surface area contributed by atoms with E-state index in [2.05, 4.69) is 0 Å². The second-order valence-electron chi connectivity index (χ2n) is 6.46. The van der Waals surface area contributed by atoms with E-state index >= 15 is 0 Å². The molecule has 0 radical (unpaired) electrons. The van der Waals surface area contributed by atoms with Crippen molar-refractivity contribution in [1.82, 2.24) is 9.80 Å². The average molecular weight is 368 g/mol. The molecule has 0 saturated carbocycles. The van der Waals surface area contributed by atoms with Crippen LogP contribution in [0.25, 0.3) is 0 Å². The highest BCUT2D eigenvalue weighted by Gasteiger charge is 2.23. The smallest absolute Gasteiger partial charge is 0.415 e. The number of rotatable bonds is 4. The topological polar surface area (TPSA) is 59.1 Å². The normalized spacial score (nSPS) is 14.4. The van der Waals surface area contributed by atoms with Crippen molar-refractivity contribution in [3.05, 3.63) is 60.2 Å². The first-order valence-corrected chi connectivity index (χ1v) is 9.11. The van der Waals surface area contributed by atoms with Gasteiger partial charge in [0.1, 0.15) is 11.5 Å². The summed E-state index contributed by atoms with van der Waals surface area (Å²) in [5.74, 6) is 1.16. The summed E-state index contributed by atoms with van der Waals surface area (Å²) in [6.07, 6.45) is 0.326. The fraction of sp³-hybridized carbons (Fsp3) is 0.333. The summed E-state index contributed by atoms with van der Waals surface area (Å²) in [7, 11) is 0. The molecule has 2 aromatic rings. The van der Waals surface area contributed by atoms with E-state index < -0.39 is 0 Å². The van der Waals surface area contributed by atoms with Crippen LogP contribution < -0.4 is 9.47 Å². The summed E-state index contributed by atoms with van der Waals surface area (Å²) >= 11 is 0. The van der Waals surface area contributed by atoms with Gasteiger partial charge in [0.05, 0.1) is 0 Å². The molecule has 0 N–H and O–H groups in total. The highest BCUT2D eigenvalue weighted by molar-refractivity contribution is 5.78. The molecular formula is C21H24N2O4. The third kappa shape index (κ3) is 5.23. The van der Waals surface area contributed by atoms with Gasteiger partial charge >= 0.3 is 6.09 Å². The van der Waals surface area contributed by atoms with E-state index in [0.29, 0.717) is 44.1 Å². The molecule has 3 rings (SSSR count). The van der Waals surface area contributed by atoms with E-state index in [9.17, 15) is 9.59 Å². The summed E-state index contributed by atoms with van der Waals surface area (Å²) in [6.45, 7) is 4.03. The van der Waals surface area contributed by atoms with Gasteiger partial charge in [-0.1, -0.05) is 36.4 Å². The molecule has 6 heteroatoms. The molecular weight excluding hydrogens is 344 g/mol. The first kappa shape index (κ1) is 18.8. The van der Waals surface area contributed by atoms with Gasteiger partial charge in [-0.3, -0.25) is 4.79 Å². The van der Waals surface area contributed by atoms with Crippen LogP contribution in [0.1, 0.15) is 12.0 Å². The first-order chi connectivity index (χ1) is 13.1. The predicted molar refractivity (Wildman–Crippen MR) is 102 cm³/mol. The summed E-state index contributed by atoms with van der Waals surface area (Å²) in [6, 6.07) is 16.6. The third-order valence-corrected chi connectivity index (χ3v) is 4.50. The number of amides is 2. The number of carbonyl (C=O) groups is 2. The van der Waals surface area contributed by atoms with Crippen molar-refractivity contribution in [3.8, 4) is 11.5 Å². The van der Waals surface area contributed by atoms with Crippen LogP contribution in [0, 0.1) is 6.92 Å². The highest BCUT2D eigenvalue weighted by atomic mass is 16.6. The van der Waals surface area contributed by atoms with Crippen LogP contribution in [0.4, 0.5) is 4.79 Å². The van der Waals surface area contributed by atoms with Crippen molar-refractivity contribution < 1.29 is 19.1 Å². The minimum atomic E-state index is -0.383. The van der Waals surface area contributed by atoms with Crippen molar-refractivity contribution in [2.24, 2.45) is 0 Å². The summed E-state index contributed by atoms with van der Waals surface area (Å²) in [5.41, 5.74) is 0.996. The van der Waals surface area contributed by atoms with Crippen molar-refractivity contribution in [2.75, 3.05) is 32.8 Å². The van der Waals surface area contributed by atoms with Gasteiger partial charge in [0.2, 0.25) is 0 Å². The Balaban J connectivity index is 1.49. The molecule has 1 aliphatic rings. The Kier molecular flexibility index (Phi) is 6.30. The van der Waals surface area contributed by atoms with Crippen molar-refractivity contribution >= 4 is 12.0 Å². The number of para-hydroxylation sites is 2. The number of nitrogens with zero attached hydrogens (tertiary/aromatic N) is 2. The highest BCUT2D eigenvalue weighted by Crippen LogP contribution is 2.16. The maximum atomic E-state index is 12.5. The molecule has 27 heavy (non-hydrogen) atoms. The second kappa shape index (κ2) is 9.07. The molecule has 1 saturated heterocycles. The Bertz CT molecular complexity index is 779. The molecule has 0 bridgehead atoms. The Morgan fingerprint density at radius 1 is 0.889 bits per heavy atom. The number of carbonyl (C=O) groups excluding carboxylic acids is 2. The van der Waals surface area contributed by atoms with E-state index in [4.69, 9.17) is 9.47 Å². The zero-order chi connectivity index (χ0) is 19.1. The Morgan fingerprint density at radius 2 is 1.56 bits per heavy atom. The van der Waals surface area contributed by atoms with Gasteiger partial charge in [-0.15, -0.1) is 0 Å². The molecule has 2 amide bonds. The van der Waals surface area contributed by atoms with Crippen molar-refractivity contribution in [1.29, 1.82) is 0 Å². The van der Waals surface area contributed by atoms with Gasteiger partial charge in [-0.25, -0.2) is 4.79 Å². The van der Waals surface area contributed by atoms with Crippen LogP contribution in [0.3, 0.4) is 0 Å². The Morgan fingerprint density at radius 3 is 2.33 bits per heavy atom. The van der Waals surface area contributed by atoms with Crippen LogP contribution in [-0.2, 0) is 4.79 Å². The fourth-order valence-electron chi connectivity index (χ4n) is 2.95. The average Bonchev–Trinajstić information content (AvgIpc) is 2.94. The van der Waals surface area contributed by atoms with Gasteiger partial charge in [-0.05, 0) is 37.1 Å². The number of hydrogen-bond donors (Lipinski definition) is 0. The minimum absolute atomic E-state index is 0.000679. The maximum absolute atomic E-state index is 12.5. The lowest BCUT2D eigenvalue weighted by molar-refractivity contribution is -0.133.